The molecule has 0 aliphatic rings. The Bertz CT molecular complexity index is 797. The Morgan fingerprint density at radius 1 is 1.04 bits per heavy atom. The second kappa shape index (κ2) is 8.21. The zero-order valence-corrected chi connectivity index (χ0v) is 13.5. The SMILES string of the molecule is OCC[C@@H](Nc1nccc(Oc2ccc(F)cc2)n1)c1ccccc1. The highest BCUT2D eigenvalue weighted by Gasteiger charge is 2.12. The lowest BCUT2D eigenvalue weighted by Gasteiger charge is -2.18. The summed E-state index contributed by atoms with van der Waals surface area (Å²) in [7, 11) is 0. The topological polar surface area (TPSA) is 67.3 Å². The van der Waals surface area contributed by atoms with Crippen LogP contribution in [-0.2, 0) is 0 Å². The monoisotopic (exact) mass is 339 g/mol. The maximum Gasteiger partial charge on any atom is 0.226 e. The van der Waals surface area contributed by atoms with Crippen LogP contribution in [0.15, 0.2) is 66.9 Å². The summed E-state index contributed by atoms with van der Waals surface area (Å²) in [5, 5.41) is 12.5. The minimum absolute atomic E-state index is 0.0400. The molecule has 1 aromatic heterocycles. The van der Waals surface area contributed by atoms with Crippen molar-refractivity contribution in [2.24, 2.45) is 0 Å². The molecule has 1 heterocycles. The molecular weight excluding hydrogens is 321 g/mol. The van der Waals surface area contributed by atoms with E-state index in [0.29, 0.717) is 24.0 Å². The predicted molar refractivity (Wildman–Crippen MR) is 93.0 cm³/mol. The normalized spacial score (nSPS) is 11.8. The molecule has 0 unspecified atom stereocenters. The Kier molecular flexibility index (Phi) is 5.53. The molecule has 128 valence electrons. The van der Waals surface area contributed by atoms with Gasteiger partial charge in [-0.2, -0.15) is 4.98 Å². The van der Waals surface area contributed by atoms with Crippen LogP contribution in [-0.4, -0.2) is 21.7 Å². The predicted octanol–water partition coefficient (Wildman–Crippen LogP) is 3.94. The van der Waals surface area contributed by atoms with Gasteiger partial charge in [0.25, 0.3) is 0 Å². The van der Waals surface area contributed by atoms with Crippen LogP contribution in [0.2, 0.25) is 0 Å². The van der Waals surface area contributed by atoms with Gasteiger partial charge in [-0.15, -0.1) is 0 Å². The standard InChI is InChI=1S/C19H18FN3O2/c20-15-6-8-16(9-7-15)25-18-10-12-21-19(23-18)22-17(11-13-24)14-4-2-1-3-5-14/h1-10,12,17,24H,11,13H2,(H,21,22,23)/t17-/m1/s1. The van der Waals surface area contributed by atoms with Gasteiger partial charge in [-0.05, 0) is 36.2 Å². The van der Waals surface area contributed by atoms with Crippen molar-refractivity contribution in [2.45, 2.75) is 12.5 Å². The quantitative estimate of drug-likeness (QED) is 0.682. The number of aliphatic hydroxyl groups is 1. The summed E-state index contributed by atoms with van der Waals surface area (Å²) in [6.07, 6.45) is 2.10. The van der Waals surface area contributed by atoms with Crippen LogP contribution in [0, 0.1) is 5.82 Å². The molecule has 3 rings (SSSR count). The van der Waals surface area contributed by atoms with Crippen molar-refractivity contribution < 1.29 is 14.2 Å². The van der Waals surface area contributed by atoms with E-state index in [1.165, 1.54) is 24.3 Å². The zero-order chi connectivity index (χ0) is 17.5. The molecule has 0 aliphatic heterocycles. The number of nitrogens with zero attached hydrogens (tertiary/aromatic N) is 2. The van der Waals surface area contributed by atoms with E-state index in [4.69, 9.17) is 4.74 Å². The molecule has 0 amide bonds. The molecule has 5 nitrogen and oxygen atoms in total. The lowest BCUT2D eigenvalue weighted by molar-refractivity contribution is 0.279. The number of aliphatic hydroxyl groups excluding tert-OH is 1. The average Bonchev–Trinajstić information content (AvgIpc) is 2.64. The fourth-order valence-electron chi connectivity index (χ4n) is 2.38. The summed E-state index contributed by atoms with van der Waals surface area (Å²) in [5.41, 5.74) is 1.03. The van der Waals surface area contributed by atoms with E-state index >= 15 is 0 Å². The van der Waals surface area contributed by atoms with E-state index in [1.54, 1.807) is 12.3 Å². The lowest BCUT2D eigenvalue weighted by Crippen LogP contribution is -2.14. The molecule has 1 atom stereocenters. The number of nitrogens with one attached hydrogen (secondary N) is 1. The summed E-state index contributed by atoms with van der Waals surface area (Å²) in [5.74, 6) is 0.898. The third kappa shape index (κ3) is 4.74. The van der Waals surface area contributed by atoms with Gasteiger partial charge in [-0.25, -0.2) is 9.37 Å². The number of hydrogen-bond donors (Lipinski definition) is 2. The summed E-state index contributed by atoms with van der Waals surface area (Å²) in [6, 6.07) is 17.0. The van der Waals surface area contributed by atoms with Crippen molar-refractivity contribution in [1.82, 2.24) is 9.97 Å². The van der Waals surface area contributed by atoms with Crippen LogP contribution in [0.25, 0.3) is 0 Å². The summed E-state index contributed by atoms with van der Waals surface area (Å²) in [6.45, 7) is 0.0400. The van der Waals surface area contributed by atoms with E-state index in [9.17, 15) is 9.50 Å². The third-order valence-corrected chi connectivity index (χ3v) is 3.59. The van der Waals surface area contributed by atoms with Crippen LogP contribution in [0.5, 0.6) is 11.6 Å². The zero-order valence-electron chi connectivity index (χ0n) is 13.5. The fraction of sp³-hybridized carbons (Fsp3) is 0.158. The maximum atomic E-state index is 13.0. The minimum Gasteiger partial charge on any atom is -0.439 e. The van der Waals surface area contributed by atoms with Gasteiger partial charge < -0.3 is 15.2 Å². The molecule has 0 saturated heterocycles. The van der Waals surface area contributed by atoms with Gasteiger partial charge in [0.1, 0.15) is 11.6 Å². The Balaban J connectivity index is 1.74. The van der Waals surface area contributed by atoms with Crippen LogP contribution in [0.1, 0.15) is 18.0 Å². The highest BCUT2D eigenvalue weighted by molar-refractivity contribution is 5.35. The van der Waals surface area contributed by atoms with Crippen LogP contribution < -0.4 is 10.1 Å². The number of hydrogen-bond acceptors (Lipinski definition) is 5. The van der Waals surface area contributed by atoms with Crippen molar-refractivity contribution in [3.8, 4) is 11.6 Å². The minimum atomic E-state index is -0.327. The Morgan fingerprint density at radius 2 is 1.80 bits per heavy atom. The smallest absolute Gasteiger partial charge is 0.226 e. The van der Waals surface area contributed by atoms with Crippen LogP contribution in [0.3, 0.4) is 0 Å². The fourth-order valence-corrected chi connectivity index (χ4v) is 2.38. The largest absolute Gasteiger partial charge is 0.439 e. The first kappa shape index (κ1) is 16.9. The number of ether oxygens (including phenoxy) is 1. The van der Waals surface area contributed by atoms with E-state index < -0.39 is 0 Å². The molecule has 0 radical (unpaired) electrons. The first-order valence-electron chi connectivity index (χ1n) is 7.93. The van der Waals surface area contributed by atoms with Gasteiger partial charge in [0.05, 0.1) is 6.04 Å². The Labute approximate surface area is 145 Å². The summed E-state index contributed by atoms with van der Waals surface area (Å²) in [4.78, 5) is 8.52. The van der Waals surface area contributed by atoms with E-state index in [2.05, 4.69) is 15.3 Å². The molecule has 0 aliphatic carbocycles. The van der Waals surface area contributed by atoms with E-state index in [0.717, 1.165) is 5.56 Å². The van der Waals surface area contributed by atoms with Crippen molar-refractivity contribution >= 4 is 5.95 Å². The Morgan fingerprint density at radius 3 is 2.52 bits per heavy atom. The molecule has 2 N–H and O–H groups in total. The van der Waals surface area contributed by atoms with Gasteiger partial charge >= 0.3 is 0 Å². The van der Waals surface area contributed by atoms with Gasteiger partial charge in [0.15, 0.2) is 0 Å². The highest BCUT2D eigenvalue weighted by Crippen LogP contribution is 2.23. The molecule has 0 bridgehead atoms. The number of anilines is 1. The van der Waals surface area contributed by atoms with Gasteiger partial charge in [0.2, 0.25) is 11.8 Å². The first-order chi connectivity index (χ1) is 12.2. The third-order valence-electron chi connectivity index (χ3n) is 3.59. The second-order valence-electron chi connectivity index (χ2n) is 5.39. The molecule has 6 heteroatoms. The van der Waals surface area contributed by atoms with E-state index in [-0.39, 0.29) is 18.5 Å². The maximum absolute atomic E-state index is 13.0. The number of halogens is 1. The molecule has 0 spiro atoms. The number of rotatable bonds is 7. The van der Waals surface area contributed by atoms with Crippen LogP contribution >= 0.6 is 0 Å². The molecule has 0 fully saturated rings. The Hall–Kier alpha value is -2.99. The van der Waals surface area contributed by atoms with Crippen molar-refractivity contribution in [3.05, 3.63) is 78.2 Å². The summed E-state index contributed by atoms with van der Waals surface area (Å²) >= 11 is 0. The van der Waals surface area contributed by atoms with Gasteiger partial charge in [-0.3, -0.25) is 0 Å². The molecule has 0 saturated carbocycles. The van der Waals surface area contributed by atoms with E-state index in [1.807, 2.05) is 30.3 Å². The molecular formula is C19H18FN3O2. The highest BCUT2D eigenvalue weighted by atomic mass is 19.1. The first-order valence-corrected chi connectivity index (χ1v) is 7.93. The van der Waals surface area contributed by atoms with Crippen LogP contribution in [0.4, 0.5) is 10.3 Å². The molecule has 3 aromatic rings. The van der Waals surface area contributed by atoms with Crippen molar-refractivity contribution in [1.29, 1.82) is 0 Å². The molecule has 25 heavy (non-hydrogen) atoms. The summed E-state index contributed by atoms with van der Waals surface area (Å²) < 4.78 is 18.6. The lowest BCUT2D eigenvalue weighted by atomic mass is 10.0. The second-order valence-corrected chi connectivity index (χ2v) is 5.39. The van der Waals surface area contributed by atoms with Gasteiger partial charge in [0, 0.05) is 18.9 Å². The van der Waals surface area contributed by atoms with Crippen molar-refractivity contribution in [2.75, 3.05) is 11.9 Å². The molecule has 2 aromatic carbocycles. The number of aromatic nitrogens is 2. The number of benzene rings is 2. The van der Waals surface area contributed by atoms with Gasteiger partial charge in [-0.1, -0.05) is 30.3 Å². The van der Waals surface area contributed by atoms with Crippen molar-refractivity contribution in [3.63, 3.8) is 0 Å². The average molecular weight is 339 g/mol.